The predicted molar refractivity (Wildman–Crippen MR) is 116 cm³/mol. The number of hydrogen-bond acceptors (Lipinski definition) is 5. The number of rotatable bonds is 5. The molecule has 0 N–H and O–H groups in total. The Morgan fingerprint density at radius 3 is 2.00 bits per heavy atom. The molecule has 0 aliphatic carbocycles. The van der Waals surface area contributed by atoms with Gasteiger partial charge >= 0.3 is 11.9 Å². The highest BCUT2D eigenvalue weighted by atomic mass is 35.5. The molecule has 0 bridgehead atoms. The van der Waals surface area contributed by atoms with Crippen LogP contribution in [0.5, 0.6) is 0 Å². The van der Waals surface area contributed by atoms with E-state index >= 15 is 0 Å². The number of esters is 2. The molecule has 1 aliphatic heterocycles. The lowest BCUT2D eigenvalue weighted by atomic mass is 9.83. The molecule has 30 heavy (non-hydrogen) atoms. The van der Waals surface area contributed by atoms with Gasteiger partial charge in [0.25, 0.3) is 0 Å². The van der Waals surface area contributed by atoms with Gasteiger partial charge in [-0.05, 0) is 30.2 Å². The van der Waals surface area contributed by atoms with Crippen molar-refractivity contribution in [1.82, 2.24) is 4.90 Å². The zero-order valence-electron chi connectivity index (χ0n) is 16.8. The van der Waals surface area contributed by atoms with E-state index in [0.29, 0.717) is 15.6 Å². The first-order chi connectivity index (χ1) is 14.4. The van der Waals surface area contributed by atoms with E-state index in [9.17, 15) is 9.59 Å². The fourth-order valence-electron chi connectivity index (χ4n) is 3.45. The fraction of sp³-hybridized carbons (Fsp3) is 0.217. The quantitative estimate of drug-likeness (QED) is 0.586. The van der Waals surface area contributed by atoms with Gasteiger partial charge in [0.1, 0.15) is 0 Å². The van der Waals surface area contributed by atoms with Crippen molar-refractivity contribution in [2.45, 2.75) is 18.9 Å². The SMILES string of the molecule is COC(=O)C1=CN([C@H](C)c2ccccc2)C=C(C(=O)OC)C1c1ccc(Cl)cc1Cl. The molecule has 156 valence electrons. The minimum atomic E-state index is -0.756. The Kier molecular flexibility index (Phi) is 6.85. The first-order valence-corrected chi connectivity index (χ1v) is 10.00. The van der Waals surface area contributed by atoms with E-state index in [1.54, 1.807) is 35.5 Å². The fourth-order valence-corrected chi connectivity index (χ4v) is 3.97. The van der Waals surface area contributed by atoms with Crippen LogP contribution in [0.1, 0.15) is 30.0 Å². The number of ether oxygens (including phenoxy) is 2. The van der Waals surface area contributed by atoms with E-state index in [-0.39, 0.29) is 17.2 Å². The van der Waals surface area contributed by atoms with Crippen molar-refractivity contribution in [3.05, 3.63) is 93.2 Å². The van der Waals surface area contributed by atoms with Gasteiger partial charge in [-0.2, -0.15) is 0 Å². The minimum absolute atomic E-state index is 0.146. The topological polar surface area (TPSA) is 55.8 Å². The molecule has 0 saturated carbocycles. The molecular weight excluding hydrogens is 425 g/mol. The second-order valence-electron chi connectivity index (χ2n) is 6.78. The molecule has 0 radical (unpaired) electrons. The van der Waals surface area contributed by atoms with Gasteiger partial charge in [0.2, 0.25) is 0 Å². The number of carbonyl (C=O) groups excluding carboxylic acids is 2. The zero-order chi connectivity index (χ0) is 21.8. The molecule has 1 heterocycles. The zero-order valence-corrected chi connectivity index (χ0v) is 18.3. The van der Waals surface area contributed by atoms with Gasteiger partial charge in [0.15, 0.2) is 0 Å². The molecule has 0 unspecified atom stereocenters. The maximum atomic E-state index is 12.7. The molecule has 0 spiro atoms. The van der Waals surface area contributed by atoms with Gasteiger partial charge in [-0.1, -0.05) is 59.6 Å². The Bertz CT molecular complexity index is 983. The normalized spacial score (nSPS) is 15.2. The number of methoxy groups -OCH3 is 2. The van der Waals surface area contributed by atoms with Crippen molar-refractivity contribution in [3.8, 4) is 0 Å². The second-order valence-corrected chi connectivity index (χ2v) is 7.63. The van der Waals surface area contributed by atoms with Gasteiger partial charge in [-0.15, -0.1) is 0 Å². The van der Waals surface area contributed by atoms with Crippen molar-refractivity contribution in [2.24, 2.45) is 0 Å². The maximum absolute atomic E-state index is 12.7. The van der Waals surface area contributed by atoms with Gasteiger partial charge in [-0.25, -0.2) is 9.59 Å². The molecule has 1 aliphatic rings. The van der Waals surface area contributed by atoms with Crippen LogP contribution in [0.25, 0.3) is 0 Å². The van der Waals surface area contributed by atoms with Crippen LogP contribution in [0.15, 0.2) is 72.1 Å². The summed E-state index contributed by atoms with van der Waals surface area (Å²) in [5, 5.41) is 0.785. The monoisotopic (exact) mass is 445 g/mol. The van der Waals surface area contributed by atoms with E-state index in [1.807, 2.05) is 37.3 Å². The summed E-state index contributed by atoms with van der Waals surface area (Å²) >= 11 is 12.5. The van der Waals surface area contributed by atoms with Crippen LogP contribution in [-0.2, 0) is 19.1 Å². The van der Waals surface area contributed by atoms with E-state index < -0.39 is 17.9 Å². The molecule has 0 amide bonds. The van der Waals surface area contributed by atoms with Crippen LogP contribution in [-0.4, -0.2) is 31.1 Å². The van der Waals surface area contributed by atoms with Crippen LogP contribution in [0.3, 0.4) is 0 Å². The number of carbonyl (C=O) groups is 2. The summed E-state index contributed by atoms with van der Waals surface area (Å²) < 4.78 is 10.0. The highest BCUT2D eigenvalue weighted by Gasteiger charge is 2.37. The van der Waals surface area contributed by atoms with Gasteiger partial charge < -0.3 is 14.4 Å². The third kappa shape index (κ3) is 4.37. The molecule has 0 fully saturated rings. The lowest BCUT2D eigenvalue weighted by Gasteiger charge is -2.34. The van der Waals surface area contributed by atoms with Gasteiger partial charge in [0.05, 0.1) is 37.3 Å². The Morgan fingerprint density at radius 2 is 1.50 bits per heavy atom. The number of halogens is 2. The molecular formula is C23H21Cl2NO4. The van der Waals surface area contributed by atoms with Crippen molar-refractivity contribution in [2.75, 3.05) is 14.2 Å². The van der Waals surface area contributed by atoms with Crippen molar-refractivity contribution >= 4 is 35.1 Å². The molecule has 0 aromatic heterocycles. The smallest absolute Gasteiger partial charge is 0.336 e. The summed E-state index contributed by atoms with van der Waals surface area (Å²) in [6, 6.07) is 14.5. The highest BCUT2D eigenvalue weighted by Crippen LogP contribution is 2.42. The Hall–Kier alpha value is -2.76. The molecule has 1 atom stereocenters. The Balaban J connectivity index is 2.17. The average Bonchev–Trinajstić information content (AvgIpc) is 2.77. The van der Waals surface area contributed by atoms with Crippen molar-refractivity contribution < 1.29 is 19.1 Å². The van der Waals surface area contributed by atoms with Crippen LogP contribution < -0.4 is 0 Å². The van der Waals surface area contributed by atoms with Crippen LogP contribution in [0, 0.1) is 0 Å². The average molecular weight is 446 g/mol. The lowest BCUT2D eigenvalue weighted by molar-refractivity contribution is -0.137. The summed E-state index contributed by atoms with van der Waals surface area (Å²) in [4.78, 5) is 27.2. The molecule has 7 heteroatoms. The summed E-state index contributed by atoms with van der Waals surface area (Å²) in [5.41, 5.74) is 2.11. The van der Waals surface area contributed by atoms with E-state index in [2.05, 4.69) is 0 Å². The van der Waals surface area contributed by atoms with Gasteiger partial charge in [0, 0.05) is 22.4 Å². The van der Waals surface area contributed by atoms with Crippen LogP contribution in [0.2, 0.25) is 10.0 Å². The van der Waals surface area contributed by atoms with Crippen LogP contribution in [0.4, 0.5) is 0 Å². The van der Waals surface area contributed by atoms with E-state index in [0.717, 1.165) is 5.56 Å². The van der Waals surface area contributed by atoms with Crippen molar-refractivity contribution in [3.63, 3.8) is 0 Å². The Labute approximate surface area is 185 Å². The number of benzene rings is 2. The summed E-state index contributed by atoms with van der Waals surface area (Å²) in [5.74, 6) is -1.88. The van der Waals surface area contributed by atoms with Crippen LogP contribution >= 0.6 is 23.2 Å². The lowest BCUT2D eigenvalue weighted by Crippen LogP contribution is -2.30. The molecule has 5 nitrogen and oxygen atoms in total. The molecule has 2 aromatic rings. The number of nitrogens with zero attached hydrogens (tertiary/aromatic N) is 1. The second kappa shape index (κ2) is 9.37. The molecule has 0 saturated heterocycles. The third-order valence-electron chi connectivity index (χ3n) is 5.04. The molecule has 3 rings (SSSR count). The van der Waals surface area contributed by atoms with Crippen molar-refractivity contribution in [1.29, 1.82) is 0 Å². The predicted octanol–water partition coefficient (Wildman–Crippen LogP) is 5.27. The first kappa shape index (κ1) is 21.9. The largest absolute Gasteiger partial charge is 0.466 e. The maximum Gasteiger partial charge on any atom is 0.336 e. The number of hydrogen-bond donors (Lipinski definition) is 0. The third-order valence-corrected chi connectivity index (χ3v) is 5.61. The standard InChI is InChI=1S/C23H21Cl2NO4/c1-14(15-7-5-4-6-8-15)26-12-18(22(27)29-2)21(19(13-26)23(28)30-3)17-10-9-16(24)11-20(17)25/h4-14,21H,1-3H3/t14-/m1/s1. The summed E-state index contributed by atoms with van der Waals surface area (Å²) in [6.07, 6.45) is 3.37. The highest BCUT2D eigenvalue weighted by molar-refractivity contribution is 6.35. The van der Waals surface area contributed by atoms with E-state index in [4.69, 9.17) is 32.7 Å². The minimum Gasteiger partial charge on any atom is -0.466 e. The van der Waals surface area contributed by atoms with E-state index in [1.165, 1.54) is 14.2 Å². The first-order valence-electron chi connectivity index (χ1n) is 9.24. The summed E-state index contributed by atoms with van der Waals surface area (Å²) in [7, 11) is 2.59. The Morgan fingerprint density at radius 1 is 0.933 bits per heavy atom. The molecule has 2 aromatic carbocycles. The van der Waals surface area contributed by atoms with Gasteiger partial charge in [-0.3, -0.25) is 0 Å². The summed E-state index contributed by atoms with van der Waals surface area (Å²) in [6.45, 7) is 1.97.